The van der Waals surface area contributed by atoms with Crippen molar-refractivity contribution < 1.29 is 18.7 Å². The van der Waals surface area contributed by atoms with Gasteiger partial charge >= 0.3 is 5.97 Å². The van der Waals surface area contributed by atoms with Crippen LogP contribution in [0.25, 0.3) is 0 Å². The van der Waals surface area contributed by atoms with Crippen molar-refractivity contribution in [3.8, 4) is 6.07 Å². The topological polar surface area (TPSA) is 79.2 Å². The van der Waals surface area contributed by atoms with Gasteiger partial charge in [-0.25, -0.2) is 9.18 Å². The molecule has 5 nitrogen and oxygen atoms in total. The van der Waals surface area contributed by atoms with Gasteiger partial charge in [-0.1, -0.05) is 11.6 Å². The minimum atomic E-state index is -0.988. The van der Waals surface area contributed by atoms with E-state index in [9.17, 15) is 14.0 Å². The Morgan fingerprint density at radius 2 is 1.91 bits per heavy atom. The van der Waals surface area contributed by atoms with Gasteiger partial charge in [-0.2, -0.15) is 5.26 Å². The first-order valence-electron chi connectivity index (χ1n) is 6.42. The summed E-state index contributed by atoms with van der Waals surface area (Å²) >= 11 is 5.72. The number of halogens is 2. The molecule has 0 aromatic heterocycles. The highest BCUT2D eigenvalue weighted by atomic mass is 35.5. The fourth-order valence-electron chi connectivity index (χ4n) is 1.69. The van der Waals surface area contributed by atoms with Crippen LogP contribution in [0.1, 0.15) is 15.9 Å². The second-order valence-electron chi connectivity index (χ2n) is 4.44. The molecule has 1 amide bonds. The molecule has 2 rings (SSSR count). The van der Waals surface area contributed by atoms with Crippen LogP contribution in [-0.2, 0) is 9.53 Å². The average Bonchev–Trinajstić information content (AvgIpc) is 2.54. The summed E-state index contributed by atoms with van der Waals surface area (Å²) in [6.07, 6.45) is 0. The zero-order valence-electron chi connectivity index (χ0n) is 11.7. The van der Waals surface area contributed by atoms with Crippen molar-refractivity contribution in [3.05, 3.63) is 64.4 Å². The standard InChI is InChI=1S/C16H10ClFN2O3/c17-11-2-4-12(5-3-11)20-15(21)9-23-16(22)13-6-1-10(8-19)7-14(13)18/h1-7H,9H2,(H,20,21). The number of amides is 1. The van der Waals surface area contributed by atoms with Gasteiger partial charge in [0.05, 0.1) is 17.2 Å². The van der Waals surface area contributed by atoms with Gasteiger partial charge in [-0.3, -0.25) is 4.79 Å². The van der Waals surface area contributed by atoms with Gasteiger partial charge in [-0.05, 0) is 42.5 Å². The molecule has 0 saturated carbocycles. The predicted molar refractivity (Wildman–Crippen MR) is 81.5 cm³/mol. The highest BCUT2D eigenvalue weighted by molar-refractivity contribution is 6.30. The smallest absolute Gasteiger partial charge is 0.341 e. The molecule has 0 spiro atoms. The molecule has 1 N–H and O–H groups in total. The van der Waals surface area contributed by atoms with Crippen molar-refractivity contribution in [2.24, 2.45) is 0 Å². The van der Waals surface area contributed by atoms with E-state index in [0.717, 1.165) is 12.1 Å². The number of nitrogens with one attached hydrogen (secondary N) is 1. The molecule has 0 bridgehead atoms. The minimum absolute atomic E-state index is 0.0829. The second kappa shape index (κ2) is 7.38. The van der Waals surface area contributed by atoms with Crippen LogP contribution in [0, 0.1) is 17.1 Å². The van der Waals surface area contributed by atoms with Gasteiger partial charge in [0, 0.05) is 10.7 Å². The molecule has 116 valence electrons. The summed E-state index contributed by atoms with van der Waals surface area (Å²) in [5.41, 5.74) is 0.225. The molecular formula is C16H10ClFN2O3. The van der Waals surface area contributed by atoms with E-state index in [0.29, 0.717) is 10.7 Å². The van der Waals surface area contributed by atoms with Crippen LogP contribution in [0.4, 0.5) is 10.1 Å². The SMILES string of the molecule is N#Cc1ccc(C(=O)OCC(=O)Nc2ccc(Cl)cc2)c(F)c1. The van der Waals surface area contributed by atoms with Crippen molar-refractivity contribution in [2.75, 3.05) is 11.9 Å². The van der Waals surface area contributed by atoms with E-state index in [-0.39, 0.29) is 11.1 Å². The van der Waals surface area contributed by atoms with E-state index < -0.39 is 24.3 Å². The molecule has 7 heteroatoms. The molecule has 0 fully saturated rings. The summed E-state index contributed by atoms with van der Waals surface area (Å²) < 4.78 is 18.4. The summed E-state index contributed by atoms with van der Waals surface area (Å²) in [7, 11) is 0. The van der Waals surface area contributed by atoms with Crippen molar-refractivity contribution in [1.82, 2.24) is 0 Å². The van der Waals surface area contributed by atoms with E-state index in [1.165, 1.54) is 6.07 Å². The number of carbonyl (C=O) groups is 2. The number of nitriles is 1. The summed E-state index contributed by atoms with van der Waals surface area (Å²) in [6.45, 7) is -0.569. The van der Waals surface area contributed by atoms with E-state index in [2.05, 4.69) is 5.32 Å². The quantitative estimate of drug-likeness (QED) is 0.872. The Hall–Kier alpha value is -2.91. The maximum absolute atomic E-state index is 13.6. The Morgan fingerprint density at radius 1 is 1.22 bits per heavy atom. The number of anilines is 1. The average molecular weight is 333 g/mol. The first-order valence-corrected chi connectivity index (χ1v) is 6.79. The third kappa shape index (κ3) is 4.53. The van der Waals surface area contributed by atoms with Crippen LogP contribution in [0.5, 0.6) is 0 Å². The largest absolute Gasteiger partial charge is 0.452 e. The normalized spacial score (nSPS) is 9.78. The van der Waals surface area contributed by atoms with Gasteiger partial charge in [0.1, 0.15) is 5.82 Å². The molecule has 23 heavy (non-hydrogen) atoms. The Balaban J connectivity index is 1.92. The number of rotatable bonds is 4. The number of benzene rings is 2. The van der Waals surface area contributed by atoms with Crippen molar-refractivity contribution in [1.29, 1.82) is 5.26 Å². The molecule has 0 heterocycles. The Bertz CT molecular complexity index is 785. The Kier molecular flexibility index (Phi) is 5.28. The minimum Gasteiger partial charge on any atom is -0.452 e. The Labute approximate surface area is 136 Å². The van der Waals surface area contributed by atoms with E-state index in [4.69, 9.17) is 21.6 Å². The summed E-state index contributed by atoms with van der Waals surface area (Å²) in [5, 5.41) is 11.6. The number of hydrogen-bond acceptors (Lipinski definition) is 4. The monoisotopic (exact) mass is 332 g/mol. The molecule has 2 aromatic carbocycles. The Morgan fingerprint density at radius 3 is 2.52 bits per heavy atom. The van der Waals surface area contributed by atoms with Crippen LogP contribution in [-0.4, -0.2) is 18.5 Å². The first-order chi connectivity index (χ1) is 11.0. The molecule has 0 saturated heterocycles. The van der Waals surface area contributed by atoms with Crippen molar-refractivity contribution in [3.63, 3.8) is 0 Å². The molecule has 0 atom stereocenters. The van der Waals surface area contributed by atoms with Gasteiger partial charge in [-0.15, -0.1) is 0 Å². The first kappa shape index (κ1) is 16.5. The molecule has 0 aliphatic rings. The molecule has 2 aromatic rings. The zero-order valence-corrected chi connectivity index (χ0v) is 12.4. The predicted octanol–water partition coefficient (Wildman–Crippen LogP) is 3.15. The number of carbonyl (C=O) groups excluding carboxylic acids is 2. The lowest BCUT2D eigenvalue weighted by atomic mass is 10.1. The van der Waals surface area contributed by atoms with Crippen molar-refractivity contribution in [2.45, 2.75) is 0 Å². The summed E-state index contributed by atoms with van der Waals surface area (Å²) in [4.78, 5) is 23.4. The number of nitrogens with zero attached hydrogens (tertiary/aromatic N) is 1. The highest BCUT2D eigenvalue weighted by Crippen LogP contribution is 2.14. The lowest BCUT2D eigenvalue weighted by Gasteiger charge is -2.07. The zero-order chi connectivity index (χ0) is 16.8. The third-order valence-corrected chi connectivity index (χ3v) is 3.03. The van der Waals surface area contributed by atoms with E-state index >= 15 is 0 Å². The van der Waals surface area contributed by atoms with Crippen LogP contribution in [0.3, 0.4) is 0 Å². The molecule has 0 aliphatic heterocycles. The summed E-state index contributed by atoms with van der Waals surface area (Å²) in [6, 6.07) is 11.4. The molecule has 0 radical (unpaired) electrons. The number of ether oxygens (including phenoxy) is 1. The molecular weight excluding hydrogens is 323 g/mol. The fraction of sp³-hybridized carbons (Fsp3) is 0.0625. The molecule has 0 unspecified atom stereocenters. The van der Waals surface area contributed by atoms with Crippen LogP contribution >= 0.6 is 11.6 Å². The van der Waals surface area contributed by atoms with E-state index in [1.54, 1.807) is 30.3 Å². The fourth-order valence-corrected chi connectivity index (χ4v) is 1.82. The van der Waals surface area contributed by atoms with Crippen molar-refractivity contribution >= 4 is 29.2 Å². The maximum Gasteiger partial charge on any atom is 0.341 e. The van der Waals surface area contributed by atoms with E-state index in [1.807, 2.05) is 0 Å². The van der Waals surface area contributed by atoms with Gasteiger partial charge in [0.15, 0.2) is 6.61 Å². The highest BCUT2D eigenvalue weighted by Gasteiger charge is 2.15. The second-order valence-corrected chi connectivity index (χ2v) is 4.87. The maximum atomic E-state index is 13.6. The summed E-state index contributed by atoms with van der Waals surface area (Å²) in [5.74, 6) is -2.44. The number of hydrogen-bond donors (Lipinski definition) is 1. The van der Waals surface area contributed by atoms with Gasteiger partial charge in [0.2, 0.25) is 0 Å². The van der Waals surface area contributed by atoms with Gasteiger partial charge in [0.25, 0.3) is 5.91 Å². The van der Waals surface area contributed by atoms with Crippen LogP contribution in [0.2, 0.25) is 5.02 Å². The lowest BCUT2D eigenvalue weighted by Crippen LogP contribution is -2.21. The number of esters is 1. The third-order valence-electron chi connectivity index (χ3n) is 2.78. The molecule has 0 aliphatic carbocycles. The van der Waals surface area contributed by atoms with Crippen LogP contribution < -0.4 is 5.32 Å². The lowest BCUT2D eigenvalue weighted by molar-refractivity contribution is -0.119. The van der Waals surface area contributed by atoms with Crippen LogP contribution in [0.15, 0.2) is 42.5 Å². The van der Waals surface area contributed by atoms with Gasteiger partial charge < -0.3 is 10.1 Å².